The van der Waals surface area contributed by atoms with E-state index < -0.39 is 17.0 Å². The number of nitro benzene ring substituents is 1. The summed E-state index contributed by atoms with van der Waals surface area (Å²) >= 11 is 0. The molecule has 23 heavy (non-hydrogen) atoms. The first kappa shape index (κ1) is 16.5. The molecule has 6 heteroatoms. The van der Waals surface area contributed by atoms with Crippen molar-refractivity contribution in [2.75, 3.05) is 0 Å². The van der Waals surface area contributed by atoms with Crippen LogP contribution in [0.3, 0.4) is 0 Å². The van der Waals surface area contributed by atoms with Crippen LogP contribution in [0.1, 0.15) is 16.7 Å². The highest BCUT2D eigenvalue weighted by atomic mass is 16.6. The largest absolute Gasteiger partial charge is 0.478 e. The number of nitro groups is 1. The van der Waals surface area contributed by atoms with Gasteiger partial charge in [-0.25, -0.2) is 4.79 Å². The van der Waals surface area contributed by atoms with E-state index in [0.717, 1.165) is 11.1 Å². The van der Waals surface area contributed by atoms with E-state index >= 15 is 0 Å². The Morgan fingerprint density at radius 1 is 1.22 bits per heavy atom. The molecule has 0 bridgehead atoms. The zero-order valence-corrected chi connectivity index (χ0v) is 12.9. The fourth-order valence-electron chi connectivity index (χ4n) is 2.36. The van der Waals surface area contributed by atoms with Gasteiger partial charge in [0.2, 0.25) is 0 Å². The van der Waals surface area contributed by atoms with E-state index in [4.69, 9.17) is 4.74 Å². The monoisotopic (exact) mass is 315 g/mol. The predicted octanol–water partition coefficient (Wildman–Crippen LogP) is 3.29. The number of carbonyl (C=O) groups is 1. The third-order valence-corrected chi connectivity index (χ3v) is 3.29. The summed E-state index contributed by atoms with van der Waals surface area (Å²) in [6.07, 6.45) is -1.07. The van der Waals surface area contributed by atoms with E-state index in [-0.39, 0.29) is 12.1 Å². The Balaban J connectivity index is 2.20. The van der Waals surface area contributed by atoms with Gasteiger partial charge in [0.25, 0.3) is 5.69 Å². The molecule has 0 amide bonds. The molecule has 2 rings (SSSR count). The third kappa shape index (κ3) is 4.54. The van der Waals surface area contributed by atoms with Crippen molar-refractivity contribution in [1.29, 1.82) is 0 Å². The summed E-state index contributed by atoms with van der Waals surface area (Å²) in [6, 6.07) is 11.4. The second kappa shape index (κ2) is 6.91. The van der Waals surface area contributed by atoms with Crippen molar-refractivity contribution in [2.24, 2.45) is 0 Å². The van der Waals surface area contributed by atoms with Gasteiger partial charge in [0.15, 0.2) is 6.10 Å². The second-order valence-corrected chi connectivity index (χ2v) is 5.40. The minimum absolute atomic E-state index is 0.0456. The zero-order valence-electron chi connectivity index (χ0n) is 12.9. The van der Waals surface area contributed by atoms with Crippen LogP contribution in [0.5, 0.6) is 5.75 Å². The summed E-state index contributed by atoms with van der Waals surface area (Å²) in [5.41, 5.74) is 2.41. The minimum Gasteiger partial charge on any atom is -0.478 e. The fourth-order valence-corrected chi connectivity index (χ4v) is 2.36. The Morgan fingerprint density at radius 2 is 1.87 bits per heavy atom. The Morgan fingerprint density at radius 3 is 2.43 bits per heavy atom. The standard InChI is InChI=1S/C17H17NO5/c1-11-6-12(2)8-15(7-11)23-16(17(19)20)10-13-4-3-5-14(9-13)18(21)22/h3-9,16H,10H2,1-2H3,(H,19,20)/t16-/m0/s1. The van der Waals surface area contributed by atoms with Crippen LogP contribution in [-0.4, -0.2) is 22.1 Å². The van der Waals surface area contributed by atoms with Crippen molar-refractivity contribution in [3.05, 3.63) is 69.3 Å². The molecule has 1 N–H and O–H groups in total. The highest BCUT2D eigenvalue weighted by Crippen LogP contribution is 2.20. The van der Waals surface area contributed by atoms with Crippen LogP contribution >= 0.6 is 0 Å². The van der Waals surface area contributed by atoms with Crippen molar-refractivity contribution in [2.45, 2.75) is 26.4 Å². The molecule has 0 aliphatic carbocycles. The maximum Gasteiger partial charge on any atom is 0.345 e. The Kier molecular flexibility index (Phi) is 4.95. The van der Waals surface area contributed by atoms with Gasteiger partial charge in [-0.3, -0.25) is 10.1 Å². The van der Waals surface area contributed by atoms with Crippen LogP contribution < -0.4 is 4.74 Å². The number of benzene rings is 2. The van der Waals surface area contributed by atoms with E-state index in [2.05, 4.69) is 0 Å². The highest BCUT2D eigenvalue weighted by molar-refractivity contribution is 5.73. The molecule has 2 aromatic carbocycles. The van der Waals surface area contributed by atoms with Crippen LogP contribution in [0.4, 0.5) is 5.69 Å². The molecule has 0 radical (unpaired) electrons. The number of aryl methyl sites for hydroxylation is 2. The molecule has 0 fully saturated rings. The fraction of sp³-hybridized carbons (Fsp3) is 0.235. The number of carboxylic acids is 1. The summed E-state index contributed by atoms with van der Waals surface area (Å²) in [7, 11) is 0. The lowest BCUT2D eigenvalue weighted by Gasteiger charge is -2.16. The molecule has 6 nitrogen and oxygen atoms in total. The quantitative estimate of drug-likeness (QED) is 0.652. The van der Waals surface area contributed by atoms with Crippen LogP contribution in [0.15, 0.2) is 42.5 Å². The van der Waals surface area contributed by atoms with Crippen LogP contribution in [0, 0.1) is 24.0 Å². The van der Waals surface area contributed by atoms with E-state index in [9.17, 15) is 20.0 Å². The van der Waals surface area contributed by atoms with Crippen molar-refractivity contribution >= 4 is 11.7 Å². The van der Waals surface area contributed by atoms with Gasteiger partial charge in [-0.1, -0.05) is 18.2 Å². The van der Waals surface area contributed by atoms with E-state index in [1.807, 2.05) is 19.9 Å². The zero-order chi connectivity index (χ0) is 17.0. The molecule has 0 saturated carbocycles. The number of hydrogen-bond acceptors (Lipinski definition) is 4. The summed E-state index contributed by atoms with van der Waals surface area (Å²) < 4.78 is 5.57. The molecule has 0 aliphatic rings. The first-order valence-corrected chi connectivity index (χ1v) is 7.06. The number of ether oxygens (including phenoxy) is 1. The molecule has 120 valence electrons. The topological polar surface area (TPSA) is 89.7 Å². The van der Waals surface area contributed by atoms with Gasteiger partial charge in [-0.2, -0.15) is 0 Å². The number of carboxylic acid groups (broad SMARTS) is 1. The third-order valence-electron chi connectivity index (χ3n) is 3.29. The number of non-ortho nitro benzene ring substituents is 1. The van der Waals surface area contributed by atoms with Crippen molar-refractivity contribution in [3.63, 3.8) is 0 Å². The van der Waals surface area contributed by atoms with Crippen molar-refractivity contribution in [3.8, 4) is 5.75 Å². The minimum atomic E-state index is -1.12. The maximum atomic E-state index is 11.4. The van der Waals surface area contributed by atoms with Crippen LogP contribution in [0.2, 0.25) is 0 Å². The van der Waals surface area contributed by atoms with Gasteiger partial charge >= 0.3 is 5.97 Å². The van der Waals surface area contributed by atoms with Gasteiger partial charge < -0.3 is 9.84 Å². The van der Waals surface area contributed by atoms with E-state index in [1.54, 1.807) is 18.2 Å². The normalized spacial score (nSPS) is 11.7. The lowest BCUT2D eigenvalue weighted by Crippen LogP contribution is -2.29. The van der Waals surface area contributed by atoms with Crippen molar-refractivity contribution < 1.29 is 19.6 Å². The lowest BCUT2D eigenvalue weighted by molar-refractivity contribution is -0.384. The van der Waals surface area contributed by atoms with E-state index in [0.29, 0.717) is 11.3 Å². The average Bonchev–Trinajstić information content (AvgIpc) is 2.45. The van der Waals surface area contributed by atoms with Gasteiger partial charge in [-0.15, -0.1) is 0 Å². The van der Waals surface area contributed by atoms with Crippen molar-refractivity contribution in [1.82, 2.24) is 0 Å². The van der Waals surface area contributed by atoms with Crippen LogP contribution in [0.25, 0.3) is 0 Å². The molecular formula is C17H17NO5. The highest BCUT2D eigenvalue weighted by Gasteiger charge is 2.21. The SMILES string of the molecule is Cc1cc(C)cc(O[C@@H](Cc2cccc([N+](=O)[O-])c2)C(=O)O)c1. The van der Waals surface area contributed by atoms with E-state index in [1.165, 1.54) is 18.2 Å². The Labute approximate surface area is 133 Å². The number of nitrogens with zero attached hydrogens (tertiary/aromatic N) is 1. The second-order valence-electron chi connectivity index (χ2n) is 5.40. The maximum absolute atomic E-state index is 11.4. The van der Waals surface area contributed by atoms with Gasteiger partial charge in [0, 0.05) is 18.6 Å². The number of rotatable bonds is 6. The molecule has 0 spiro atoms. The first-order chi connectivity index (χ1) is 10.8. The molecule has 0 aromatic heterocycles. The molecule has 0 heterocycles. The Bertz CT molecular complexity index is 721. The number of hydrogen-bond donors (Lipinski definition) is 1. The molecular weight excluding hydrogens is 298 g/mol. The summed E-state index contributed by atoms with van der Waals surface area (Å²) in [4.78, 5) is 21.7. The van der Waals surface area contributed by atoms with Gasteiger partial charge in [0.1, 0.15) is 5.75 Å². The lowest BCUT2D eigenvalue weighted by atomic mass is 10.1. The molecule has 2 aromatic rings. The van der Waals surface area contributed by atoms with Crippen LogP contribution in [-0.2, 0) is 11.2 Å². The smallest absolute Gasteiger partial charge is 0.345 e. The molecule has 1 atom stereocenters. The molecule has 0 saturated heterocycles. The predicted molar refractivity (Wildman–Crippen MR) is 84.8 cm³/mol. The first-order valence-electron chi connectivity index (χ1n) is 7.06. The van der Waals surface area contributed by atoms with Gasteiger partial charge in [-0.05, 0) is 42.7 Å². The number of aliphatic carboxylic acids is 1. The summed E-state index contributed by atoms with van der Waals surface area (Å²) in [5.74, 6) is -0.643. The summed E-state index contributed by atoms with van der Waals surface area (Å²) in [6.45, 7) is 3.80. The Hall–Kier alpha value is -2.89. The molecule has 0 unspecified atom stereocenters. The summed E-state index contributed by atoms with van der Waals surface area (Å²) in [5, 5.41) is 20.2. The molecule has 0 aliphatic heterocycles. The van der Waals surface area contributed by atoms with Gasteiger partial charge in [0.05, 0.1) is 4.92 Å². The average molecular weight is 315 g/mol.